The molecule has 1 N–H and O–H groups in total. The highest BCUT2D eigenvalue weighted by molar-refractivity contribution is 6.31. The van der Waals surface area contributed by atoms with Gasteiger partial charge in [-0.1, -0.05) is 31.4 Å². The molecule has 2 rings (SSSR count). The number of hydrogen-bond donors (Lipinski definition) is 1. The first-order valence-corrected chi connectivity index (χ1v) is 7.56. The molecule has 0 spiro atoms. The molecule has 1 aromatic carbocycles. The van der Waals surface area contributed by atoms with Crippen LogP contribution in [-0.4, -0.2) is 13.7 Å². The Balaban J connectivity index is 1.97. The van der Waals surface area contributed by atoms with Gasteiger partial charge in [0.15, 0.2) is 0 Å². The van der Waals surface area contributed by atoms with Gasteiger partial charge in [0.2, 0.25) is 0 Å². The Bertz CT molecular complexity index is 425. The second-order valence-corrected chi connectivity index (χ2v) is 6.22. The molecule has 0 radical (unpaired) electrons. The number of anilines is 1. The molecule has 0 unspecified atom stereocenters. The fourth-order valence-corrected chi connectivity index (χ4v) is 2.91. The first kappa shape index (κ1) is 14.5. The molecule has 0 bridgehead atoms. The average Bonchev–Trinajstić information content (AvgIpc) is 2.41. The van der Waals surface area contributed by atoms with E-state index in [1.54, 1.807) is 7.11 Å². The molecule has 0 aliphatic heterocycles. The molecule has 19 heavy (non-hydrogen) atoms. The predicted molar refractivity (Wildman–Crippen MR) is 82.4 cm³/mol. The van der Waals surface area contributed by atoms with Crippen LogP contribution in [0.1, 0.15) is 38.2 Å². The van der Waals surface area contributed by atoms with E-state index >= 15 is 0 Å². The molecule has 1 aromatic rings. The van der Waals surface area contributed by atoms with Crippen molar-refractivity contribution in [2.75, 3.05) is 19.0 Å². The summed E-state index contributed by atoms with van der Waals surface area (Å²) >= 11 is 6.12. The van der Waals surface area contributed by atoms with Crippen LogP contribution in [0.3, 0.4) is 0 Å². The Morgan fingerprint density at radius 3 is 2.58 bits per heavy atom. The number of hydrogen-bond acceptors (Lipinski definition) is 2. The van der Waals surface area contributed by atoms with Gasteiger partial charge in [0.25, 0.3) is 0 Å². The summed E-state index contributed by atoms with van der Waals surface area (Å²) in [5, 5.41) is 4.29. The Kier molecular flexibility index (Phi) is 4.98. The van der Waals surface area contributed by atoms with Gasteiger partial charge >= 0.3 is 0 Å². The van der Waals surface area contributed by atoms with E-state index < -0.39 is 0 Å². The Hall–Kier alpha value is -0.890. The largest absolute Gasteiger partial charge is 0.495 e. The minimum absolute atomic E-state index is 0.758. The van der Waals surface area contributed by atoms with Crippen molar-refractivity contribution in [3.05, 3.63) is 22.7 Å². The maximum atomic E-state index is 6.12. The first-order valence-electron chi connectivity index (χ1n) is 7.18. The second-order valence-electron chi connectivity index (χ2n) is 5.81. The lowest BCUT2D eigenvalue weighted by atomic mass is 9.83. The van der Waals surface area contributed by atoms with Crippen LogP contribution < -0.4 is 10.1 Å². The highest BCUT2D eigenvalue weighted by Gasteiger charge is 2.18. The molecule has 0 heterocycles. The zero-order chi connectivity index (χ0) is 13.8. The number of benzene rings is 1. The van der Waals surface area contributed by atoms with Crippen LogP contribution in [0.2, 0.25) is 5.02 Å². The minimum atomic E-state index is 0.758. The lowest BCUT2D eigenvalue weighted by Crippen LogP contribution is -2.20. The highest BCUT2D eigenvalue weighted by atomic mass is 35.5. The van der Waals surface area contributed by atoms with Gasteiger partial charge in [-0.05, 0) is 43.2 Å². The molecule has 106 valence electrons. The van der Waals surface area contributed by atoms with Crippen LogP contribution in [0.5, 0.6) is 5.75 Å². The Labute approximate surface area is 121 Å². The van der Waals surface area contributed by atoms with Gasteiger partial charge in [0, 0.05) is 17.6 Å². The fourth-order valence-electron chi connectivity index (χ4n) is 2.76. The van der Waals surface area contributed by atoms with Crippen molar-refractivity contribution in [2.45, 2.75) is 39.5 Å². The average molecular weight is 282 g/mol. The molecular formula is C16H24ClNO. The third-order valence-corrected chi connectivity index (χ3v) is 4.60. The Morgan fingerprint density at radius 2 is 1.95 bits per heavy atom. The topological polar surface area (TPSA) is 21.3 Å². The van der Waals surface area contributed by atoms with E-state index in [4.69, 9.17) is 16.3 Å². The molecule has 0 amide bonds. The van der Waals surface area contributed by atoms with Crippen LogP contribution >= 0.6 is 11.6 Å². The molecule has 3 heteroatoms. The zero-order valence-corrected chi connectivity index (χ0v) is 12.9. The van der Waals surface area contributed by atoms with E-state index in [1.165, 1.54) is 25.7 Å². The van der Waals surface area contributed by atoms with Crippen LogP contribution in [-0.2, 0) is 0 Å². The standard InChI is InChI=1S/C16H24ClNO/c1-11-4-6-13(7-5-11)10-18-15-8-12(2)14(17)9-16(15)19-3/h8-9,11,13,18H,4-7,10H2,1-3H3. The summed E-state index contributed by atoms with van der Waals surface area (Å²) < 4.78 is 5.39. The van der Waals surface area contributed by atoms with Crippen LogP contribution in [0.15, 0.2) is 12.1 Å². The second kappa shape index (κ2) is 6.51. The molecule has 1 aliphatic carbocycles. The fraction of sp³-hybridized carbons (Fsp3) is 0.625. The lowest BCUT2D eigenvalue weighted by Gasteiger charge is -2.27. The van der Waals surface area contributed by atoms with Crippen molar-refractivity contribution in [2.24, 2.45) is 11.8 Å². The van der Waals surface area contributed by atoms with Gasteiger partial charge in [-0.3, -0.25) is 0 Å². The zero-order valence-electron chi connectivity index (χ0n) is 12.1. The summed E-state index contributed by atoms with van der Waals surface area (Å²) in [6.45, 7) is 5.41. The SMILES string of the molecule is COc1cc(Cl)c(C)cc1NCC1CCC(C)CC1. The number of ether oxygens (including phenoxy) is 1. The molecule has 1 aliphatic rings. The van der Waals surface area contributed by atoms with Gasteiger partial charge in [-0.2, -0.15) is 0 Å². The molecular weight excluding hydrogens is 258 g/mol. The molecule has 0 aromatic heterocycles. The first-order chi connectivity index (χ1) is 9.10. The van der Waals surface area contributed by atoms with Crippen molar-refractivity contribution >= 4 is 17.3 Å². The summed E-state index contributed by atoms with van der Waals surface area (Å²) in [6.07, 6.45) is 5.40. The lowest BCUT2D eigenvalue weighted by molar-refractivity contribution is 0.300. The number of halogens is 1. The van der Waals surface area contributed by atoms with Crippen molar-refractivity contribution in [3.8, 4) is 5.75 Å². The number of nitrogens with one attached hydrogen (secondary N) is 1. The third kappa shape index (κ3) is 3.79. The van der Waals surface area contributed by atoms with E-state index in [-0.39, 0.29) is 0 Å². The summed E-state index contributed by atoms with van der Waals surface area (Å²) in [5.41, 5.74) is 2.14. The monoisotopic (exact) mass is 281 g/mol. The van der Waals surface area contributed by atoms with Gasteiger partial charge in [-0.15, -0.1) is 0 Å². The minimum Gasteiger partial charge on any atom is -0.495 e. The van der Waals surface area contributed by atoms with E-state index in [0.717, 1.165) is 40.4 Å². The smallest absolute Gasteiger partial charge is 0.143 e. The summed E-state index contributed by atoms with van der Waals surface area (Å²) in [5.74, 6) is 2.53. The number of aryl methyl sites for hydroxylation is 1. The summed E-state index contributed by atoms with van der Waals surface area (Å²) in [7, 11) is 1.69. The molecule has 0 atom stereocenters. The molecule has 0 saturated heterocycles. The van der Waals surface area contributed by atoms with E-state index in [2.05, 4.69) is 18.3 Å². The number of methoxy groups -OCH3 is 1. The van der Waals surface area contributed by atoms with Crippen LogP contribution in [0, 0.1) is 18.8 Å². The molecule has 1 saturated carbocycles. The van der Waals surface area contributed by atoms with Crippen molar-refractivity contribution in [1.82, 2.24) is 0 Å². The predicted octanol–water partition coefficient (Wildman–Crippen LogP) is 4.90. The van der Waals surface area contributed by atoms with Gasteiger partial charge in [0.1, 0.15) is 5.75 Å². The maximum absolute atomic E-state index is 6.12. The van der Waals surface area contributed by atoms with Gasteiger partial charge in [0.05, 0.1) is 12.8 Å². The molecule has 1 fully saturated rings. The van der Waals surface area contributed by atoms with Gasteiger partial charge in [-0.25, -0.2) is 0 Å². The molecule has 2 nitrogen and oxygen atoms in total. The quantitative estimate of drug-likeness (QED) is 0.848. The van der Waals surface area contributed by atoms with Crippen molar-refractivity contribution in [3.63, 3.8) is 0 Å². The third-order valence-electron chi connectivity index (χ3n) is 4.20. The normalized spacial score (nSPS) is 23.2. The highest BCUT2D eigenvalue weighted by Crippen LogP contribution is 2.33. The van der Waals surface area contributed by atoms with Crippen LogP contribution in [0.4, 0.5) is 5.69 Å². The van der Waals surface area contributed by atoms with Crippen molar-refractivity contribution in [1.29, 1.82) is 0 Å². The summed E-state index contributed by atoms with van der Waals surface area (Å²) in [6, 6.07) is 3.97. The maximum Gasteiger partial charge on any atom is 0.143 e. The number of rotatable bonds is 4. The van der Waals surface area contributed by atoms with E-state index in [1.807, 2.05) is 13.0 Å². The van der Waals surface area contributed by atoms with Gasteiger partial charge < -0.3 is 10.1 Å². The van der Waals surface area contributed by atoms with Crippen LogP contribution in [0.25, 0.3) is 0 Å². The summed E-state index contributed by atoms with van der Waals surface area (Å²) in [4.78, 5) is 0. The van der Waals surface area contributed by atoms with E-state index in [0.29, 0.717) is 0 Å². The Morgan fingerprint density at radius 1 is 1.26 bits per heavy atom. The van der Waals surface area contributed by atoms with Crippen molar-refractivity contribution < 1.29 is 4.74 Å². The van der Waals surface area contributed by atoms with E-state index in [9.17, 15) is 0 Å².